The minimum Gasteiger partial charge on any atom is -0.386 e. The molecule has 4 nitrogen and oxygen atoms in total. The number of rotatable bonds is 7. The Morgan fingerprint density at radius 3 is 2.88 bits per heavy atom. The Balaban J connectivity index is 2.61. The number of methoxy groups -OCH3 is 1. The summed E-state index contributed by atoms with van der Waals surface area (Å²) < 4.78 is 5.20. The van der Waals surface area contributed by atoms with Gasteiger partial charge in [0, 0.05) is 13.2 Å². The highest BCUT2D eigenvalue weighted by Gasteiger charge is 2.38. The van der Waals surface area contributed by atoms with Crippen molar-refractivity contribution in [3.63, 3.8) is 0 Å². The van der Waals surface area contributed by atoms with Crippen LogP contribution < -0.4 is 11.1 Å². The lowest BCUT2D eigenvalue weighted by atomic mass is 9.80. The van der Waals surface area contributed by atoms with Crippen molar-refractivity contribution < 1.29 is 9.84 Å². The van der Waals surface area contributed by atoms with Crippen molar-refractivity contribution in [1.82, 2.24) is 5.32 Å². The van der Waals surface area contributed by atoms with E-state index in [0.29, 0.717) is 19.6 Å². The second kappa shape index (κ2) is 7.31. The molecule has 0 bridgehead atoms. The SMILES string of the molecule is CCC1CCNC(C(O)(CCCN)COC)C1. The van der Waals surface area contributed by atoms with Gasteiger partial charge in [-0.25, -0.2) is 0 Å². The molecular formula is C13H28N2O2. The summed E-state index contributed by atoms with van der Waals surface area (Å²) in [5.41, 5.74) is 4.78. The summed E-state index contributed by atoms with van der Waals surface area (Å²) in [6.07, 6.45) is 5.01. The monoisotopic (exact) mass is 244 g/mol. The van der Waals surface area contributed by atoms with Gasteiger partial charge in [-0.2, -0.15) is 0 Å². The van der Waals surface area contributed by atoms with E-state index in [2.05, 4.69) is 12.2 Å². The van der Waals surface area contributed by atoms with E-state index in [4.69, 9.17) is 10.5 Å². The van der Waals surface area contributed by atoms with Crippen LogP contribution in [0.25, 0.3) is 0 Å². The van der Waals surface area contributed by atoms with Gasteiger partial charge in [-0.3, -0.25) is 0 Å². The molecule has 4 N–H and O–H groups in total. The molecule has 0 aliphatic carbocycles. The van der Waals surface area contributed by atoms with Crippen LogP contribution in [0.15, 0.2) is 0 Å². The summed E-state index contributed by atoms with van der Waals surface area (Å²) in [6.45, 7) is 4.23. The second-order valence-electron chi connectivity index (χ2n) is 5.23. The van der Waals surface area contributed by atoms with Crippen molar-refractivity contribution in [2.24, 2.45) is 11.7 Å². The maximum Gasteiger partial charge on any atom is 0.103 e. The van der Waals surface area contributed by atoms with Gasteiger partial charge in [0.05, 0.1) is 6.61 Å². The molecule has 102 valence electrons. The van der Waals surface area contributed by atoms with E-state index in [0.717, 1.165) is 25.3 Å². The first-order chi connectivity index (χ1) is 8.16. The fourth-order valence-electron chi connectivity index (χ4n) is 2.78. The molecule has 1 rings (SSSR count). The van der Waals surface area contributed by atoms with Crippen molar-refractivity contribution >= 4 is 0 Å². The smallest absolute Gasteiger partial charge is 0.103 e. The highest BCUT2D eigenvalue weighted by atomic mass is 16.5. The van der Waals surface area contributed by atoms with E-state index in [1.165, 1.54) is 12.8 Å². The Morgan fingerprint density at radius 1 is 1.53 bits per heavy atom. The minimum absolute atomic E-state index is 0.146. The van der Waals surface area contributed by atoms with Crippen LogP contribution in [-0.4, -0.2) is 43.6 Å². The van der Waals surface area contributed by atoms with Crippen molar-refractivity contribution in [1.29, 1.82) is 0 Å². The van der Waals surface area contributed by atoms with Crippen molar-refractivity contribution in [3.05, 3.63) is 0 Å². The fraction of sp³-hybridized carbons (Fsp3) is 1.00. The van der Waals surface area contributed by atoms with E-state index in [-0.39, 0.29) is 6.04 Å². The Bertz CT molecular complexity index is 214. The molecule has 1 saturated heterocycles. The van der Waals surface area contributed by atoms with Crippen LogP contribution in [0.5, 0.6) is 0 Å². The predicted octanol–water partition coefficient (Wildman–Crippen LogP) is 0.881. The Kier molecular flexibility index (Phi) is 6.41. The number of nitrogens with two attached hydrogens (primary N) is 1. The first-order valence-electron chi connectivity index (χ1n) is 6.81. The number of hydrogen-bond donors (Lipinski definition) is 3. The molecule has 3 atom stereocenters. The quantitative estimate of drug-likeness (QED) is 0.622. The molecular weight excluding hydrogens is 216 g/mol. The first kappa shape index (κ1) is 14.9. The lowest BCUT2D eigenvalue weighted by Crippen LogP contribution is -2.57. The van der Waals surface area contributed by atoms with Crippen LogP contribution in [0.1, 0.15) is 39.0 Å². The van der Waals surface area contributed by atoms with Gasteiger partial charge in [-0.05, 0) is 44.7 Å². The van der Waals surface area contributed by atoms with E-state index < -0.39 is 5.60 Å². The van der Waals surface area contributed by atoms with Crippen molar-refractivity contribution in [3.8, 4) is 0 Å². The zero-order valence-corrected chi connectivity index (χ0v) is 11.2. The fourth-order valence-corrected chi connectivity index (χ4v) is 2.78. The van der Waals surface area contributed by atoms with Crippen LogP contribution >= 0.6 is 0 Å². The molecule has 3 unspecified atom stereocenters. The maximum atomic E-state index is 10.7. The highest BCUT2D eigenvalue weighted by Crippen LogP contribution is 2.28. The zero-order valence-electron chi connectivity index (χ0n) is 11.2. The molecule has 1 aliphatic heterocycles. The lowest BCUT2D eigenvalue weighted by molar-refractivity contribution is -0.0744. The number of aliphatic hydroxyl groups is 1. The number of hydrogen-bond acceptors (Lipinski definition) is 4. The van der Waals surface area contributed by atoms with Gasteiger partial charge in [0.15, 0.2) is 0 Å². The summed E-state index contributed by atoms with van der Waals surface area (Å²) in [6, 6.07) is 0.146. The number of nitrogens with one attached hydrogen (secondary N) is 1. The van der Waals surface area contributed by atoms with Crippen LogP contribution in [-0.2, 0) is 4.74 Å². The molecule has 0 radical (unpaired) electrons. The van der Waals surface area contributed by atoms with Gasteiger partial charge in [-0.15, -0.1) is 0 Å². The van der Waals surface area contributed by atoms with Gasteiger partial charge in [-0.1, -0.05) is 13.3 Å². The third-order valence-electron chi connectivity index (χ3n) is 3.95. The standard InChI is InChI=1S/C13H28N2O2/c1-3-11-5-8-15-12(9-11)13(16,10-17-2)6-4-7-14/h11-12,15-16H,3-10,14H2,1-2H3. The molecule has 4 heteroatoms. The van der Waals surface area contributed by atoms with Gasteiger partial charge < -0.3 is 20.9 Å². The molecule has 0 spiro atoms. The summed E-state index contributed by atoms with van der Waals surface area (Å²) in [4.78, 5) is 0. The lowest BCUT2D eigenvalue weighted by Gasteiger charge is -2.41. The average molecular weight is 244 g/mol. The van der Waals surface area contributed by atoms with Gasteiger partial charge in [0.1, 0.15) is 5.60 Å². The molecule has 0 aromatic heterocycles. The van der Waals surface area contributed by atoms with Gasteiger partial charge in [0.2, 0.25) is 0 Å². The molecule has 0 aromatic carbocycles. The second-order valence-corrected chi connectivity index (χ2v) is 5.23. The normalized spacial score (nSPS) is 28.9. The molecule has 1 aliphatic rings. The molecule has 0 amide bonds. The maximum absolute atomic E-state index is 10.7. The Hall–Kier alpha value is -0.160. The van der Waals surface area contributed by atoms with E-state index in [1.54, 1.807) is 7.11 Å². The number of ether oxygens (including phenoxy) is 1. The van der Waals surface area contributed by atoms with Gasteiger partial charge >= 0.3 is 0 Å². The third-order valence-corrected chi connectivity index (χ3v) is 3.95. The summed E-state index contributed by atoms with van der Waals surface area (Å²) >= 11 is 0. The highest BCUT2D eigenvalue weighted by molar-refractivity contribution is 4.95. The predicted molar refractivity (Wildman–Crippen MR) is 69.9 cm³/mol. The molecule has 1 fully saturated rings. The van der Waals surface area contributed by atoms with E-state index in [9.17, 15) is 5.11 Å². The largest absolute Gasteiger partial charge is 0.386 e. The van der Waals surface area contributed by atoms with Crippen LogP contribution in [0.4, 0.5) is 0 Å². The van der Waals surface area contributed by atoms with Crippen molar-refractivity contribution in [2.75, 3.05) is 26.8 Å². The molecule has 0 aromatic rings. The van der Waals surface area contributed by atoms with Gasteiger partial charge in [0.25, 0.3) is 0 Å². The van der Waals surface area contributed by atoms with E-state index in [1.807, 2.05) is 0 Å². The van der Waals surface area contributed by atoms with E-state index >= 15 is 0 Å². The summed E-state index contributed by atoms with van der Waals surface area (Å²) in [5.74, 6) is 0.725. The van der Waals surface area contributed by atoms with Crippen LogP contribution in [0, 0.1) is 5.92 Å². The minimum atomic E-state index is -0.762. The zero-order chi connectivity index (χ0) is 12.7. The summed E-state index contributed by atoms with van der Waals surface area (Å²) in [7, 11) is 1.65. The Labute approximate surface area is 105 Å². The summed E-state index contributed by atoms with van der Waals surface area (Å²) in [5, 5.41) is 14.2. The Morgan fingerprint density at radius 2 is 2.29 bits per heavy atom. The van der Waals surface area contributed by atoms with Crippen LogP contribution in [0.2, 0.25) is 0 Å². The van der Waals surface area contributed by atoms with Crippen LogP contribution in [0.3, 0.4) is 0 Å². The topological polar surface area (TPSA) is 67.5 Å². The first-order valence-corrected chi connectivity index (χ1v) is 6.81. The average Bonchev–Trinajstić information content (AvgIpc) is 2.37. The van der Waals surface area contributed by atoms with Crippen molar-refractivity contribution in [2.45, 2.75) is 50.7 Å². The third kappa shape index (κ3) is 4.21. The number of piperidine rings is 1. The molecule has 0 saturated carbocycles. The molecule has 17 heavy (non-hydrogen) atoms. The molecule has 1 heterocycles.